The number of nitrogens with two attached hydrogens (primary N) is 1. The van der Waals surface area contributed by atoms with Crippen LogP contribution in [0.4, 0.5) is 8.78 Å². The summed E-state index contributed by atoms with van der Waals surface area (Å²) in [7, 11) is 0. The van der Waals surface area contributed by atoms with Gasteiger partial charge in [0.2, 0.25) is 0 Å². The molecule has 0 saturated heterocycles. The van der Waals surface area contributed by atoms with Crippen LogP contribution in [-0.2, 0) is 4.79 Å². The minimum atomic E-state index is -1.25. The van der Waals surface area contributed by atoms with Gasteiger partial charge in [0.1, 0.15) is 0 Å². The Morgan fingerprint density at radius 3 is 2.76 bits per heavy atom. The van der Waals surface area contributed by atoms with E-state index in [2.05, 4.69) is 22.2 Å². The first kappa shape index (κ1) is 26.7. The molecule has 3 aliphatic rings. The minimum Gasteiger partial charge on any atom is -0.358 e. The number of hydrogen-bond donors (Lipinski definition) is 3. The third kappa shape index (κ3) is 5.18. The Morgan fingerprint density at radius 1 is 1.26 bits per heavy atom. The second kappa shape index (κ2) is 11.1. The largest absolute Gasteiger partial charge is 0.358 e. The van der Waals surface area contributed by atoms with Crippen molar-refractivity contribution in [3.8, 4) is 11.3 Å². The van der Waals surface area contributed by atoms with Gasteiger partial charge in [-0.2, -0.15) is 0 Å². The van der Waals surface area contributed by atoms with Crippen LogP contribution in [0, 0.1) is 28.7 Å². The molecule has 0 aromatic heterocycles. The van der Waals surface area contributed by atoms with Crippen LogP contribution in [0.25, 0.3) is 27.9 Å². The molecule has 10 heteroatoms. The molecule has 3 N–H and O–H groups in total. The molecule has 189 valence electrons. The van der Waals surface area contributed by atoms with Crippen LogP contribution in [-0.4, -0.2) is 17.7 Å². The monoisotopic (exact) mass is 843 g/mol. The molecule has 1 radical (unpaired) electrons. The van der Waals surface area contributed by atoms with Gasteiger partial charge >= 0.3 is 199 Å². The third-order valence-electron chi connectivity index (χ3n) is 4.81. The normalized spacial score (nSPS) is 13.7. The van der Waals surface area contributed by atoms with Gasteiger partial charge in [0.25, 0.3) is 0 Å². The van der Waals surface area contributed by atoms with Gasteiger partial charge in [0.15, 0.2) is 0 Å². The molecular weight excluding hydrogens is 823 g/mol. The van der Waals surface area contributed by atoms with Crippen molar-refractivity contribution in [1.29, 1.82) is 0 Å². The van der Waals surface area contributed by atoms with Crippen molar-refractivity contribution >= 4 is 35.1 Å². The molecule has 5 nitrogen and oxygen atoms in total. The van der Waals surface area contributed by atoms with Crippen molar-refractivity contribution in [1.82, 2.24) is 3.53 Å². The summed E-state index contributed by atoms with van der Waals surface area (Å²) in [5.41, 5.74) is 6.81. The number of allylic oxidation sites excluding steroid dienone is 6. The molecule has 1 aromatic carbocycles. The van der Waals surface area contributed by atoms with Crippen molar-refractivity contribution < 1.29 is 39.5 Å². The molecule has 1 heterocycles. The summed E-state index contributed by atoms with van der Waals surface area (Å²) in [5, 5.41) is 0.428. The number of hydrogen-bond acceptors (Lipinski definition) is 5. The molecule has 1 aliphatic heterocycles. The maximum absolute atomic E-state index is 15.0. The number of carbonyl (C=O) groups is 1. The van der Waals surface area contributed by atoms with Crippen LogP contribution in [0.15, 0.2) is 57.8 Å². The predicted molar refractivity (Wildman–Crippen MR) is 124 cm³/mol. The first-order valence-electron chi connectivity index (χ1n) is 9.52. The Labute approximate surface area is 205 Å². The Kier molecular flexibility index (Phi) is 8.72. The van der Waals surface area contributed by atoms with Crippen molar-refractivity contribution in [2.75, 3.05) is 5.75 Å². The average Bonchev–Trinajstić information content (AvgIpc) is 3.06. The van der Waals surface area contributed by atoms with Gasteiger partial charge in [-0.25, -0.2) is 0 Å². The number of benzene rings is 2. The molecule has 0 saturated carbocycles. The van der Waals surface area contributed by atoms with Crippen LogP contribution in [0.1, 0.15) is 12.0 Å². The van der Waals surface area contributed by atoms with Crippen LogP contribution >= 0.6 is 12.6 Å². The maximum Gasteiger partial charge on any atom is 0 e. The van der Waals surface area contributed by atoms with E-state index < -0.39 is 50.5 Å². The van der Waals surface area contributed by atoms with E-state index >= 15 is 4.39 Å². The van der Waals surface area contributed by atoms with Crippen molar-refractivity contribution in [2.45, 2.75) is 12.5 Å². The van der Waals surface area contributed by atoms with E-state index in [0.29, 0.717) is 28.5 Å². The first-order chi connectivity index (χ1) is 15.4. The number of fused-ring (bicyclic) bond motifs is 2. The van der Waals surface area contributed by atoms with E-state index in [1.54, 1.807) is 12.2 Å². The number of thiol groups is 1. The van der Waals surface area contributed by atoms with Crippen LogP contribution in [0.5, 0.6) is 0 Å². The Bertz CT molecular complexity index is 1340. The van der Waals surface area contributed by atoms with Crippen molar-refractivity contribution in [3.05, 3.63) is 93.1 Å². The van der Waals surface area contributed by atoms with Gasteiger partial charge in [-0.1, -0.05) is 0 Å². The molecule has 0 unspecified atom stereocenters. The average molecular weight is 843 g/mol. The van der Waals surface area contributed by atoms with E-state index in [0.717, 1.165) is 17.7 Å². The Hall–Kier alpha value is -3.50. The standard InChI is InChI=1S/C23H17F2IN2O3S.CH3.Lr/c24-15-7-13-20(9-17(15)26-28-23(30)18(27)11-32)31-21-10-19(29)16(25)8-14(21)22(13)12-5-3-1-2-4-6-12;;/h1,3,5-10,18,32H,4,11,27H2,(H,28,30);1H3;/q-2;-1;/t18-;;/m1../s1. The van der Waals surface area contributed by atoms with Gasteiger partial charge in [-0.15, -0.1) is 0 Å². The van der Waals surface area contributed by atoms with E-state index in [1.165, 1.54) is 12.1 Å². The number of halogens is 3. The van der Waals surface area contributed by atoms with Crippen molar-refractivity contribution in [2.24, 2.45) is 5.73 Å². The molecule has 34 heavy (non-hydrogen) atoms. The molecule has 4 rings (SSSR count). The number of nitrogens with one attached hydrogen (secondary N) is 1. The zero-order chi connectivity index (χ0) is 22.8. The third-order valence-corrected chi connectivity index (χ3v) is 7.41. The van der Waals surface area contributed by atoms with Crippen LogP contribution in [0.2, 0.25) is 0 Å². The molecule has 0 fully saturated rings. The fourth-order valence-corrected chi connectivity index (χ4v) is 5.20. The predicted octanol–water partition coefficient (Wildman–Crippen LogP) is 0.876. The fraction of sp³-hybridized carbons (Fsp3) is 0.125. The summed E-state index contributed by atoms with van der Waals surface area (Å²) >= 11 is 2.74. The zero-order valence-corrected chi connectivity index (χ0v) is 23.0. The summed E-state index contributed by atoms with van der Waals surface area (Å²) in [6.45, 7) is 0. The molecule has 1 amide bonds. The summed E-state index contributed by atoms with van der Waals surface area (Å²) in [6, 6.07) is 4.24. The summed E-state index contributed by atoms with van der Waals surface area (Å²) in [5.74, 6) is -1.49. The molecule has 1 atom stereocenters. The summed E-state index contributed by atoms with van der Waals surface area (Å²) in [6.07, 6.45) is 10.8. The molecular formula is C24H20F2ILrN2O3S-3. The SMILES string of the molecule is N[C@H](CS)C(=O)N[I-]c1cc2oc3cc(=O)c(F)cc-3c(C3=CC[C-]=CC=C3)c2cc1F.[CH3-].[Lr]. The van der Waals surface area contributed by atoms with E-state index in [-0.39, 0.29) is 22.5 Å². The smallest absolute Gasteiger partial charge is 0 e. The first-order valence-corrected chi connectivity index (χ1v) is 12.3. The Balaban J connectivity index is 0.00000204. The van der Waals surface area contributed by atoms with Crippen LogP contribution in [0.3, 0.4) is 0 Å². The number of amides is 1. The second-order valence-corrected chi connectivity index (χ2v) is 9.56. The van der Waals surface area contributed by atoms with Crippen LogP contribution < -0.4 is 36.2 Å². The van der Waals surface area contributed by atoms with Gasteiger partial charge in [0, 0.05) is 0 Å². The summed E-state index contributed by atoms with van der Waals surface area (Å²) in [4.78, 5) is 23.9. The number of carbonyl (C=O) groups excluding carboxylic acids is 1. The molecule has 2 aliphatic carbocycles. The maximum atomic E-state index is 15.0. The zero-order valence-electron chi connectivity index (χ0n) is 17.8. The number of rotatable bonds is 5. The topological polar surface area (TPSA) is 85.3 Å². The van der Waals surface area contributed by atoms with Gasteiger partial charge in [-0.05, 0) is 0 Å². The van der Waals surface area contributed by atoms with Gasteiger partial charge < -0.3 is 7.43 Å². The van der Waals surface area contributed by atoms with E-state index in [1.807, 2.05) is 12.2 Å². The molecule has 1 aromatic rings. The Morgan fingerprint density at radius 2 is 2.03 bits per heavy atom. The second-order valence-electron chi connectivity index (χ2n) is 6.95. The summed E-state index contributed by atoms with van der Waals surface area (Å²) < 4.78 is 38.0. The fourth-order valence-electron chi connectivity index (χ4n) is 3.23. The molecule has 0 spiro atoms. The molecule has 0 bridgehead atoms. The van der Waals surface area contributed by atoms with Gasteiger partial charge in [-0.3, -0.25) is 0 Å². The van der Waals surface area contributed by atoms with E-state index in [4.69, 9.17) is 10.2 Å². The van der Waals surface area contributed by atoms with E-state index in [9.17, 15) is 14.0 Å². The minimum absolute atomic E-state index is 0. The quantitative estimate of drug-likeness (QED) is 0.117. The van der Waals surface area contributed by atoms with Crippen molar-refractivity contribution in [3.63, 3.8) is 0 Å². The van der Waals surface area contributed by atoms with Gasteiger partial charge in [0.05, 0.1) is 0 Å².